The third kappa shape index (κ3) is 2.85. The molecule has 3 aromatic rings. The number of thiazole rings is 1. The Balaban J connectivity index is 2.22. The van der Waals surface area contributed by atoms with Gasteiger partial charge in [-0.1, -0.05) is 17.4 Å². The van der Waals surface area contributed by atoms with Crippen LogP contribution in [0.5, 0.6) is 11.5 Å². The van der Waals surface area contributed by atoms with Crippen LogP contribution < -0.4 is 14.3 Å². The van der Waals surface area contributed by atoms with Crippen molar-refractivity contribution in [3.63, 3.8) is 0 Å². The average molecular weight is 344 g/mol. The summed E-state index contributed by atoms with van der Waals surface area (Å²) < 4.78 is 18.6. The van der Waals surface area contributed by atoms with Gasteiger partial charge in [0.25, 0.3) is 0 Å². The second kappa shape index (κ2) is 6.76. The van der Waals surface area contributed by atoms with Crippen molar-refractivity contribution in [3.05, 3.63) is 53.7 Å². The molecule has 1 aromatic carbocycles. The molecule has 3 rings (SSSR count). The van der Waals surface area contributed by atoms with Crippen LogP contribution in [-0.4, -0.2) is 24.7 Å². The van der Waals surface area contributed by atoms with Gasteiger partial charge in [-0.2, -0.15) is 4.99 Å². The SMILES string of the molecule is C=CCn1c(=NC(=O)c2ccco2)sc2cc(OC)c(OC)cc21. The second-order valence-corrected chi connectivity index (χ2v) is 5.86. The Bertz CT molecular complexity index is 951. The first-order valence-corrected chi connectivity index (χ1v) is 7.98. The monoisotopic (exact) mass is 344 g/mol. The molecule has 124 valence electrons. The third-order valence-corrected chi connectivity index (χ3v) is 4.47. The quantitative estimate of drug-likeness (QED) is 0.667. The first-order chi connectivity index (χ1) is 11.7. The zero-order valence-electron chi connectivity index (χ0n) is 13.3. The van der Waals surface area contributed by atoms with E-state index in [9.17, 15) is 4.79 Å². The van der Waals surface area contributed by atoms with E-state index >= 15 is 0 Å². The molecule has 0 aliphatic carbocycles. The van der Waals surface area contributed by atoms with Crippen LogP contribution in [0.3, 0.4) is 0 Å². The zero-order chi connectivity index (χ0) is 17.1. The standard InChI is InChI=1S/C17H16N2O4S/c1-4-7-19-11-9-13(21-2)14(22-3)10-15(11)24-17(19)18-16(20)12-6-5-8-23-12/h4-6,8-10H,1,7H2,2-3H3. The lowest BCUT2D eigenvalue weighted by atomic mass is 10.3. The highest BCUT2D eigenvalue weighted by molar-refractivity contribution is 7.16. The molecule has 6 nitrogen and oxygen atoms in total. The molecular weight excluding hydrogens is 328 g/mol. The number of aromatic nitrogens is 1. The molecule has 2 aromatic heterocycles. The maximum Gasteiger partial charge on any atom is 0.315 e. The Hall–Kier alpha value is -2.80. The molecule has 0 atom stereocenters. The molecule has 0 fully saturated rings. The van der Waals surface area contributed by atoms with Crippen molar-refractivity contribution in [2.45, 2.75) is 6.54 Å². The van der Waals surface area contributed by atoms with Crippen molar-refractivity contribution >= 4 is 27.5 Å². The van der Waals surface area contributed by atoms with Crippen molar-refractivity contribution < 1.29 is 18.7 Å². The van der Waals surface area contributed by atoms with E-state index < -0.39 is 5.91 Å². The molecule has 0 radical (unpaired) electrons. The minimum absolute atomic E-state index is 0.202. The number of fused-ring (bicyclic) bond motifs is 1. The molecule has 0 aliphatic heterocycles. The van der Waals surface area contributed by atoms with Crippen molar-refractivity contribution in [2.24, 2.45) is 4.99 Å². The van der Waals surface area contributed by atoms with E-state index in [-0.39, 0.29) is 5.76 Å². The van der Waals surface area contributed by atoms with Crippen molar-refractivity contribution in [3.8, 4) is 11.5 Å². The number of rotatable bonds is 5. The molecule has 0 saturated carbocycles. The van der Waals surface area contributed by atoms with E-state index in [2.05, 4.69) is 11.6 Å². The van der Waals surface area contributed by atoms with Crippen LogP contribution in [0.15, 0.2) is 52.6 Å². The van der Waals surface area contributed by atoms with Crippen LogP contribution >= 0.6 is 11.3 Å². The number of benzene rings is 1. The third-order valence-electron chi connectivity index (χ3n) is 3.43. The lowest BCUT2D eigenvalue weighted by molar-refractivity contribution is 0.0971. The number of ether oxygens (including phenoxy) is 2. The normalized spacial score (nSPS) is 11.7. The lowest BCUT2D eigenvalue weighted by Crippen LogP contribution is -2.16. The van der Waals surface area contributed by atoms with Crippen molar-refractivity contribution in [2.75, 3.05) is 14.2 Å². The van der Waals surface area contributed by atoms with Gasteiger partial charge in [-0.25, -0.2) is 0 Å². The van der Waals surface area contributed by atoms with Gasteiger partial charge in [0.1, 0.15) is 0 Å². The number of hydrogen-bond acceptors (Lipinski definition) is 5. The van der Waals surface area contributed by atoms with Gasteiger partial charge in [-0.3, -0.25) is 4.79 Å². The number of amides is 1. The Kier molecular flexibility index (Phi) is 4.52. The number of hydrogen-bond donors (Lipinski definition) is 0. The molecule has 24 heavy (non-hydrogen) atoms. The van der Waals surface area contributed by atoms with Crippen LogP contribution in [0, 0.1) is 0 Å². The molecule has 0 aliphatic rings. The van der Waals surface area contributed by atoms with Crippen LogP contribution in [0.1, 0.15) is 10.6 Å². The van der Waals surface area contributed by atoms with Gasteiger partial charge in [-0.05, 0) is 12.1 Å². The first kappa shape index (κ1) is 16.1. The number of furan rings is 1. The van der Waals surface area contributed by atoms with E-state index in [0.29, 0.717) is 22.8 Å². The van der Waals surface area contributed by atoms with Gasteiger partial charge < -0.3 is 18.5 Å². The number of nitrogens with zero attached hydrogens (tertiary/aromatic N) is 2. The summed E-state index contributed by atoms with van der Waals surface area (Å²) in [5.74, 6) is 1.02. The van der Waals surface area contributed by atoms with E-state index in [1.54, 1.807) is 32.4 Å². The van der Waals surface area contributed by atoms with Gasteiger partial charge in [0.05, 0.1) is 30.7 Å². The molecule has 1 amide bonds. The number of carbonyl (C=O) groups excluding carboxylic acids is 1. The van der Waals surface area contributed by atoms with Gasteiger partial charge in [0.15, 0.2) is 22.1 Å². The lowest BCUT2D eigenvalue weighted by Gasteiger charge is -2.08. The Morgan fingerprint density at radius 1 is 1.38 bits per heavy atom. The predicted molar refractivity (Wildman–Crippen MR) is 91.7 cm³/mol. The maximum atomic E-state index is 12.2. The topological polar surface area (TPSA) is 66.0 Å². The Morgan fingerprint density at radius 3 is 2.75 bits per heavy atom. The smallest absolute Gasteiger partial charge is 0.315 e. The molecule has 0 saturated heterocycles. The zero-order valence-corrected chi connectivity index (χ0v) is 14.1. The van der Waals surface area contributed by atoms with Gasteiger partial charge in [0, 0.05) is 18.7 Å². The average Bonchev–Trinajstić information content (AvgIpc) is 3.23. The predicted octanol–water partition coefficient (Wildman–Crippen LogP) is 3.24. The van der Waals surface area contributed by atoms with Gasteiger partial charge >= 0.3 is 5.91 Å². The highest BCUT2D eigenvalue weighted by atomic mass is 32.1. The molecule has 0 bridgehead atoms. The number of methoxy groups -OCH3 is 2. The summed E-state index contributed by atoms with van der Waals surface area (Å²) in [5, 5.41) is 0. The summed E-state index contributed by atoms with van der Waals surface area (Å²) in [6.45, 7) is 4.29. The first-order valence-electron chi connectivity index (χ1n) is 7.16. The van der Waals surface area contributed by atoms with Gasteiger partial charge in [0.2, 0.25) is 0 Å². The number of allylic oxidation sites excluding steroid dienone is 1. The molecular formula is C17H16N2O4S. The summed E-state index contributed by atoms with van der Waals surface area (Å²) in [6, 6.07) is 6.98. The van der Waals surface area contributed by atoms with Crippen LogP contribution in [-0.2, 0) is 6.54 Å². The Morgan fingerprint density at radius 2 is 2.12 bits per heavy atom. The highest BCUT2D eigenvalue weighted by Crippen LogP contribution is 2.33. The molecule has 0 unspecified atom stereocenters. The van der Waals surface area contributed by atoms with E-state index in [1.807, 2.05) is 16.7 Å². The van der Waals surface area contributed by atoms with E-state index in [0.717, 1.165) is 10.2 Å². The summed E-state index contributed by atoms with van der Waals surface area (Å²) in [5.41, 5.74) is 0.892. The number of carbonyl (C=O) groups is 1. The molecule has 0 N–H and O–H groups in total. The summed E-state index contributed by atoms with van der Waals surface area (Å²) in [7, 11) is 3.17. The van der Waals surface area contributed by atoms with Crippen LogP contribution in [0.2, 0.25) is 0 Å². The maximum absolute atomic E-state index is 12.2. The van der Waals surface area contributed by atoms with Crippen molar-refractivity contribution in [1.29, 1.82) is 0 Å². The van der Waals surface area contributed by atoms with Gasteiger partial charge in [-0.15, -0.1) is 6.58 Å². The fourth-order valence-electron chi connectivity index (χ4n) is 2.33. The molecule has 7 heteroatoms. The largest absolute Gasteiger partial charge is 0.493 e. The minimum atomic E-state index is -0.428. The van der Waals surface area contributed by atoms with Crippen molar-refractivity contribution in [1.82, 2.24) is 4.57 Å². The highest BCUT2D eigenvalue weighted by Gasteiger charge is 2.14. The fraction of sp³-hybridized carbons (Fsp3) is 0.176. The molecule has 0 spiro atoms. The minimum Gasteiger partial charge on any atom is -0.493 e. The van der Waals surface area contributed by atoms with Crippen LogP contribution in [0.25, 0.3) is 10.2 Å². The Labute approximate surface area is 142 Å². The van der Waals surface area contributed by atoms with Crippen LogP contribution in [0.4, 0.5) is 0 Å². The summed E-state index contributed by atoms with van der Waals surface area (Å²) in [4.78, 5) is 17.0. The molecule has 2 heterocycles. The summed E-state index contributed by atoms with van der Waals surface area (Å²) >= 11 is 1.39. The second-order valence-electron chi connectivity index (χ2n) is 4.85. The van der Waals surface area contributed by atoms with E-state index in [1.165, 1.54) is 17.6 Å². The van der Waals surface area contributed by atoms with E-state index in [4.69, 9.17) is 13.9 Å². The summed E-state index contributed by atoms with van der Waals surface area (Å²) in [6.07, 6.45) is 3.19. The fourth-order valence-corrected chi connectivity index (χ4v) is 3.38.